The fourth-order valence-electron chi connectivity index (χ4n) is 4.49. The molecule has 0 unspecified atom stereocenters. The van der Waals surface area contributed by atoms with Gasteiger partial charge in [-0.2, -0.15) is 0 Å². The third-order valence-corrected chi connectivity index (χ3v) is 6.56. The number of amides is 2. The fourth-order valence-corrected chi connectivity index (χ4v) is 5.33. The summed E-state index contributed by atoms with van der Waals surface area (Å²) < 4.78 is 0. The lowest BCUT2D eigenvalue weighted by molar-refractivity contribution is -0.125. The SMILES string of the molecule is Cc1nc(C)c(C(=O)NC[C@@H]2C[C@H]3CC[C@@H](C2)N3CC(=O)NC(C)(C)C)s1. The number of hydrogen-bond acceptors (Lipinski definition) is 5. The van der Waals surface area contributed by atoms with E-state index in [1.807, 2.05) is 34.6 Å². The molecule has 0 spiro atoms. The Morgan fingerprint density at radius 1 is 1.19 bits per heavy atom. The van der Waals surface area contributed by atoms with E-state index in [1.54, 1.807) is 0 Å². The molecule has 2 aliphatic heterocycles. The summed E-state index contributed by atoms with van der Waals surface area (Å²) in [6, 6.07) is 0.924. The molecule has 150 valence electrons. The molecule has 7 heteroatoms. The third kappa shape index (κ3) is 5.08. The minimum absolute atomic E-state index is 0.00238. The van der Waals surface area contributed by atoms with E-state index in [0.717, 1.165) is 41.3 Å². The average Bonchev–Trinajstić information content (AvgIpc) is 2.98. The number of carbonyl (C=O) groups is 2. The van der Waals surface area contributed by atoms with Gasteiger partial charge < -0.3 is 10.6 Å². The molecule has 3 atom stereocenters. The molecular formula is C20H32N4O2S. The highest BCUT2D eigenvalue weighted by molar-refractivity contribution is 7.13. The first-order valence-electron chi connectivity index (χ1n) is 9.91. The van der Waals surface area contributed by atoms with Crippen LogP contribution in [0, 0.1) is 19.8 Å². The van der Waals surface area contributed by atoms with E-state index in [-0.39, 0.29) is 17.4 Å². The van der Waals surface area contributed by atoms with Gasteiger partial charge in [0.2, 0.25) is 5.91 Å². The number of hydrogen-bond donors (Lipinski definition) is 2. The van der Waals surface area contributed by atoms with Gasteiger partial charge in [0.1, 0.15) is 4.88 Å². The Hall–Kier alpha value is -1.47. The summed E-state index contributed by atoms with van der Waals surface area (Å²) in [5.41, 5.74) is 0.626. The maximum absolute atomic E-state index is 12.4. The van der Waals surface area contributed by atoms with Crippen LogP contribution in [-0.4, -0.2) is 52.4 Å². The number of fused-ring (bicyclic) bond motifs is 2. The molecule has 2 fully saturated rings. The van der Waals surface area contributed by atoms with Crippen LogP contribution in [0.5, 0.6) is 0 Å². The molecule has 3 rings (SSSR count). The van der Waals surface area contributed by atoms with Gasteiger partial charge in [-0.3, -0.25) is 14.5 Å². The highest BCUT2D eigenvalue weighted by Crippen LogP contribution is 2.38. The molecule has 2 saturated heterocycles. The predicted octanol–water partition coefficient (Wildman–Crippen LogP) is 2.65. The van der Waals surface area contributed by atoms with E-state index >= 15 is 0 Å². The molecule has 27 heavy (non-hydrogen) atoms. The van der Waals surface area contributed by atoms with Crippen molar-refractivity contribution in [2.75, 3.05) is 13.1 Å². The van der Waals surface area contributed by atoms with Crippen LogP contribution in [0.25, 0.3) is 0 Å². The third-order valence-electron chi connectivity index (χ3n) is 5.48. The van der Waals surface area contributed by atoms with Crippen LogP contribution < -0.4 is 10.6 Å². The Labute approximate surface area is 166 Å². The molecule has 2 aliphatic rings. The van der Waals surface area contributed by atoms with Crippen molar-refractivity contribution in [2.24, 2.45) is 5.92 Å². The maximum Gasteiger partial charge on any atom is 0.263 e. The van der Waals surface area contributed by atoms with E-state index in [1.165, 1.54) is 11.3 Å². The molecule has 2 bridgehead atoms. The number of piperidine rings is 1. The van der Waals surface area contributed by atoms with E-state index < -0.39 is 0 Å². The van der Waals surface area contributed by atoms with Gasteiger partial charge in [0.25, 0.3) is 5.91 Å². The van der Waals surface area contributed by atoms with Gasteiger partial charge >= 0.3 is 0 Å². The predicted molar refractivity (Wildman–Crippen MR) is 108 cm³/mol. The van der Waals surface area contributed by atoms with Gasteiger partial charge in [-0.1, -0.05) is 0 Å². The molecule has 0 aromatic carbocycles. The van der Waals surface area contributed by atoms with E-state index in [9.17, 15) is 9.59 Å². The van der Waals surface area contributed by atoms with E-state index in [2.05, 4.69) is 20.5 Å². The summed E-state index contributed by atoms with van der Waals surface area (Å²) in [4.78, 5) is 32.2. The van der Waals surface area contributed by atoms with Gasteiger partial charge in [0.15, 0.2) is 0 Å². The van der Waals surface area contributed by atoms with Gasteiger partial charge in [-0.15, -0.1) is 11.3 Å². The minimum Gasteiger partial charge on any atom is -0.351 e. The zero-order valence-electron chi connectivity index (χ0n) is 17.1. The van der Waals surface area contributed by atoms with Crippen LogP contribution in [0.4, 0.5) is 0 Å². The van der Waals surface area contributed by atoms with E-state index in [4.69, 9.17) is 0 Å². The second-order valence-electron chi connectivity index (χ2n) is 9.05. The van der Waals surface area contributed by atoms with Crippen molar-refractivity contribution in [3.63, 3.8) is 0 Å². The Kier molecular flexibility index (Phi) is 5.91. The molecular weight excluding hydrogens is 360 g/mol. The Bertz CT molecular complexity index is 695. The number of aryl methyl sites for hydroxylation is 2. The summed E-state index contributed by atoms with van der Waals surface area (Å²) in [5, 5.41) is 7.11. The monoisotopic (exact) mass is 392 g/mol. The van der Waals surface area contributed by atoms with Crippen molar-refractivity contribution in [1.82, 2.24) is 20.5 Å². The standard InChI is InChI=1S/C20H32N4O2S/c1-12-18(27-13(2)22-12)19(26)21-10-14-8-15-6-7-16(9-14)24(15)11-17(25)23-20(3,4)5/h14-16H,6-11H2,1-5H3,(H,21,26)(H,23,25)/t14-,15-,16+. The van der Waals surface area contributed by atoms with Gasteiger partial charge in [0.05, 0.1) is 17.2 Å². The largest absolute Gasteiger partial charge is 0.351 e. The average molecular weight is 393 g/mol. The molecule has 6 nitrogen and oxygen atoms in total. The molecule has 0 radical (unpaired) electrons. The fraction of sp³-hybridized carbons (Fsp3) is 0.750. The highest BCUT2D eigenvalue weighted by Gasteiger charge is 2.41. The first kappa shape index (κ1) is 20.3. The lowest BCUT2D eigenvalue weighted by atomic mass is 9.90. The van der Waals surface area contributed by atoms with Crippen molar-refractivity contribution in [2.45, 2.75) is 77.9 Å². The summed E-state index contributed by atoms with van der Waals surface area (Å²) in [7, 11) is 0. The smallest absolute Gasteiger partial charge is 0.263 e. The topological polar surface area (TPSA) is 74.3 Å². The number of nitrogens with zero attached hydrogens (tertiary/aromatic N) is 2. The maximum atomic E-state index is 12.4. The van der Waals surface area contributed by atoms with E-state index in [0.29, 0.717) is 31.1 Å². The van der Waals surface area contributed by atoms with Crippen molar-refractivity contribution in [3.05, 3.63) is 15.6 Å². The lowest BCUT2D eigenvalue weighted by Gasteiger charge is -2.39. The molecule has 2 N–H and O–H groups in total. The number of aromatic nitrogens is 1. The molecule has 1 aromatic heterocycles. The normalized spacial score (nSPS) is 25.4. The second kappa shape index (κ2) is 7.87. The number of thiazole rings is 1. The molecule has 0 saturated carbocycles. The van der Waals surface area contributed by atoms with Crippen LogP contribution in [0.1, 0.15) is 66.8 Å². The van der Waals surface area contributed by atoms with Crippen LogP contribution >= 0.6 is 11.3 Å². The number of rotatable bonds is 5. The van der Waals surface area contributed by atoms with Crippen molar-refractivity contribution < 1.29 is 9.59 Å². The second-order valence-corrected chi connectivity index (χ2v) is 10.3. The van der Waals surface area contributed by atoms with Gasteiger partial charge in [0, 0.05) is 24.2 Å². The van der Waals surface area contributed by atoms with Crippen molar-refractivity contribution >= 4 is 23.2 Å². The minimum atomic E-state index is -0.189. The van der Waals surface area contributed by atoms with Gasteiger partial charge in [-0.25, -0.2) is 4.98 Å². The summed E-state index contributed by atoms with van der Waals surface area (Å²) in [5.74, 6) is 0.599. The van der Waals surface area contributed by atoms with Crippen LogP contribution in [0.15, 0.2) is 0 Å². The molecule has 3 heterocycles. The van der Waals surface area contributed by atoms with Crippen LogP contribution in [0.2, 0.25) is 0 Å². The zero-order valence-corrected chi connectivity index (χ0v) is 17.9. The quantitative estimate of drug-likeness (QED) is 0.808. The van der Waals surface area contributed by atoms with Crippen LogP contribution in [-0.2, 0) is 4.79 Å². The first-order chi connectivity index (χ1) is 12.6. The lowest BCUT2D eigenvalue weighted by Crippen LogP contribution is -2.52. The summed E-state index contributed by atoms with van der Waals surface area (Å²) >= 11 is 1.46. The van der Waals surface area contributed by atoms with Crippen molar-refractivity contribution in [1.29, 1.82) is 0 Å². The Balaban J connectivity index is 1.50. The van der Waals surface area contributed by atoms with Crippen molar-refractivity contribution in [3.8, 4) is 0 Å². The summed E-state index contributed by atoms with van der Waals surface area (Å²) in [6.45, 7) is 11.1. The van der Waals surface area contributed by atoms with Crippen LogP contribution in [0.3, 0.4) is 0 Å². The number of carbonyl (C=O) groups excluding carboxylic acids is 2. The summed E-state index contributed by atoms with van der Waals surface area (Å²) in [6.07, 6.45) is 4.43. The molecule has 1 aromatic rings. The van der Waals surface area contributed by atoms with Gasteiger partial charge in [-0.05, 0) is 66.2 Å². The molecule has 0 aliphatic carbocycles. The molecule has 2 amide bonds. The zero-order chi connectivity index (χ0) is 19.8. The Morgan fingerprint density at radius 3 is 2.33 bits per heavy atom. The number of nitrogens with one attached hydrogen (secondary N) is 2. The first-order valence-corrected chi connectivity index (χ1v) is 10.7. The highest BCUT2D eigenvalue weighted by atomic mass is 32.1. The Morgan fingerprint density at radius 2 is 1.81 bits per heavy atom.